The van der Waals surface area contributed by atoms with Gasteiger partial charge in [-0.05, 0) is 19.9 Å². The molecule has 2 aromatic rings. The largest absolute Gasteiger partial charge is 0.477 e. The van der Waals surface area contributed by atoms with Crippen LogP contribution in [0.5, 0.6) is 17.4 Å². The standard InChI is InChI=1S/C16H18Cl2N2O5/c1-8-10(7-21)15(20(3)19-8)25-14-6-13(11(17)5-12(14)18)24-9(2)16(22)23-4/h5-6,9,21H,7H2,1-4H3/t9-/m0/s1. The minimum atomic E-state index is -0.858. The lowest BCUT2D eigenvalue weighted by Crippen LogP contribution is -2.25. The summed E-state index contributed by atoms with van der Waals surface area (Å²) in [6, 6.07) is 2.91. The van der Waals surface area contributed by atoms with Crippen LogP contribution < -0.4 is 9.47 Å². The molecule has 1 aromatic carbocycles. The number of aliphatic hydroxyl groups is 1. The Kier molecular flexibility index (Phi) is 6.16. The maximum absolute atomic E-state index is 11.5. The highest BCUT2D eigenvalue weighted by molar-refractivity contribution is 6.36. The first kappa shape index (κ1) is 19.4. The topological polar surface area (TPSA) is 82.8 Å². The molecular formula is C16H18Cl2N2O5. The summed E-state index contributed by atoms with van der Waals surface area (Å²) in [5, 5.41) is 14.2. The van der Waals surface area contributed by atoms with Gasteiger partial charge in [0.05, 0.1) is 35.0 Å². The molecule has 7 nitrogen and oxygen atoms in total. The number of aliphatic hydroxyl groups excluding tert-OH is 1. The third-order valence-electron chi connectivity index (χ3n) is 3.48. The SMILES string of the molecule is COC(=O)[C@H](C)Oc1cc(Oc2c(CO)c(C)nn2C)c(Cl)cc1Cl. The van der Waals surface area contributed by atoms with Gasteiger partial charge in [-0.15, -0.1) is 0 Å². The predicted octanol–water partition coefficient (Wildman–Crippen LogP) is 3.26. The number of aromatic nitrogens is 2. The number of nitrogens with zero attached hydrogens (tertiary/aromatic N) is 2. The first-order valence-electron chi connectivity index (χ1n) is 7.33. The Morgan fingerprint density at radius 3 is 2.56 bits per heavy atom. The Balaban J connectivity index is 2.36. The highest BCUT2D eigenvalue weighted by atomic mass is 35.5. The fourth-order valence-electron chi connectivity index (χ4n) is 2.18. The van der Waals surface area contributed by atoms with Crippen LogP contribution >= 0.6 is 23.2 Å². The van der Waals surface area contributed by atoms with Crippen LogP contribution in [-0.2, 0) is 23.2 Å². The quantitative estimate of drug-likeness (QED) is 0.764. The highest BCUT2D eigenvalue weighted by Crippen LogP contribution is 2.39. The van der Waals surface area contributed by atoms with Gasteiger partial charge in [0.2, 0.25) is 5.88 Å². The summed E-state index contributed by atoms with van der Waals surface area (Å²) in [5.41, 5.74) is 1.18. The lowest BCUT2D eigenvalue weighted by atomic mass is 10.2. The van der Waals surface area contributed by atoms with Gasteiger partial charge in [0.1, 0.15) is 5.75 Å². The Bertz CT molecular complexity index is 791. The molecule has 0 unspecified atom stereocenters. The van der Waals surface area contributed by atoms with Crippen molar-refractivity contribution in [3.8, 4) is 17.4 Å². The van der Waals surface area contributed by atoms with Crippen LogP contribution in [0.15, 0.2) is 12.1 Å². The van der Waals surface area contributed by atoms with Gasteiger partial charge in [-0.2, -0.15) is 5.10 Å². The minimum Gasteiger partial charge on any atom is -0.477 e. The van der Waals surface area contributed by atoms with Gasteiger partial charge >= 0.3 is 5.97 Å². The van der Waals surface area contributed by atoms with E-state index in [4.69, 9.17) is 32.7 Å². The molecule has 0 spiro atoms. The monoisotopic (exact) mass is 388 g/mol. The van der Waals surface area contributed by atoms with Gasteiger partial charge in [-0.25, -0.2) is 9.48 Å². The number of hydrogen-bond acceptors (Lipinski definition) is 6. The van der Waals surface area contributed by atoms with Crippen molar-refractivity contribution in [2.45, 2.75) is 26.6 Å². The molecule has 0 bridgehead atoms. The van der Waals surface area contributed by atoms with Gasteiger partial charge in [0.25, 0.3) is 0 Å². The highest BCUT2D eigenvalue weighted by Gasteiger charge is 2.20. The number of carbonyl (C=O) groups excluding carboxylic acids is 1. The molecule has 0 aliphatic carbocycles. The van der Waals surface area contributed by atoms with Crippen molar-refractivity contribution >= 4 is 29.2 Å². The summed E-state index contributed by atoms with van der Waals surface area (Å²) in [6.45, 7) is 3.06. The predicted molar refractivity (Wildman–Crippen MR) is 92.5 cm³/mol. The van der Waals surface area contributed by atoms with Crippen molar-refractivity contribution in [1.82, 2.24) is 9.78 Å². The molecule has 0 saturated heterocycles. The van der Waals surface area contributed by atoms with Crippen LogP contribution in [0.25, 0.3) is 0 Å². The Morgan fingerprint density at radius 1 is 1.32 bits per heavy atom. The third-order valence-corrected chi connectivity index (χ3v) is 4.07. The summed E-state index contributed by atoms with van der Waals surface area (Å²) < 4.78 is 17.4. The average molecular weight is 389 g/mol. The van der Waals surface area contributed by atoms with Crippen molar-refractivity contribution in [2.75, 3.05) is 7.11 Å². The Hall–Kier alpha value is -1.96. The van der Waals surface area contributed by atoms with Crippen LogP contribution in [0.3, 0.4) is 0 Å². The molecule has 9 heteroatoms. The van der Waals surface area contributed by atoms with Gasteiger partial charge in [0.15, 0.2) is 11.9 Å². The number of carbonyl (C=O) groups is 1. The van der Waals surface area contributed by atoms with E-state index in [-0.39, 0.29) is 28.2 Å². The maximum Gasteiger partial charge on any atom is 0.346 e. The van der Waals surface area contributed by atoms with E-state index >= 15 is 0 Å². The zero-order valence-electron chi connectivity index (χ0n) is 14.2. The van der Waals surface area contributed by atoms with Gasteiger partial charge in [-0.3, -0.25) is 0 Å². The molecule has 136 valence electrons. The van der Waals surface area contributed by atoms with Crippen molar-refractivity contribution < 1.29 is 24.1 Å². The molecular weight excluding hydrogens is 371 g/mol. The van der Waals surface area contributed by atoms with Crippen LogP contribution in [0.4, 0.5) is 0 Å². The maximum atomic E-state index is 11.5. The molecule has 0 amide bonds. The molecule has 1 atom stereocenters. The van der Waals surface area contributed by atoms with E-state index in [1.54, 1.807) is 14.0 Å². The molecule has 1 N–H and O–H groups in total. The Morgan fingerprint density at radius 2 is 1.96 bits per heavy atom. The van der Waals surface area contributed by atoms with E-state index in [0.717, 1.165) is 0 Å². The normalized spacial score (nSPS) is 12.0. The number of benzene rings is 1. The minimum absolute atomic E-state index is 0.211. The number of ether oxygens (including phenoxy) is 3. The van der Waals surface area contributed by atoms with Gasteiger partial charge in [-0.1, -0.05) is 23.2 Å². The first-order valence-corrected chi connectivity index (χ1v) is 8.08. The molecule has 0 fully saturated rings. The summed E-state index contributed by atoms with van der Waals surface area (Å²) in [5.74, 6) is 0.258. The van der Waals surface area contributed by atoms with Gasteiger partial charge in [0, 0.05) is 13.1 Å². The second-order valence-corrected chi connectivity index (χ2v) is 6.06. The number of esters is 1. The number of hydrogen-bond donors (Lipinski definition) is 1. The van der Waals surface area contributed by atoms with Crippen molar-refractivity contribution in [2.24, 2.45) is 7.05 Å². The van der Waals surface area contributed by atoms with E-state index in [1.807, 2.05) is 0 Å². The van der Waals surface area contributed by atoms with Crippen molar-refractivity contribution in [3.05, 3.63) is 33.4 Å². The number of aryl methyl sites for hydroxylation is 2. The lowest BCUT2D eigenvalue weighted by Gasteiger charge is -2.16. The molecule has 1 heterocycles. The van der Waals surface area contributed by atoms with Crippen LogP contribution in [0.1, 0.15) is 18.2 Å². The average Bonchev–Trinajstić information content (AvgIpc) is 2.83. The van der Waals surface area contributed by atoms with E-state index in [9.17, 15) is 9.90 Å². The van der Waals surface area contributed by atoms with Crippen molar-refractivity contribution in [3.63, 3.8) is 0 Å². The summed E-state index contributed by atoms with van der Waals surface area (Å²) >= 11 is 12.3. The summed E-state index contributed by atoms with van der Waals surface area (Å²) in [7, 11) is 2.95. The molecule has 0 saturated carbocycles. The molecule has 0 aliphatic rings. The molecule has 0 radical (unpaired) electrons. The number of methoxy groups -OCH3 is 1. The van der Waals surface area contributed by atoms with E-state index < -0.39 is 12.1 Å². The van der Waals surface area contributed by atoms with Crippen LogP contribution in [0.2, 0.25) is 10.0 Å². The first-order chi connectivity index (χ1) is 11.8. The Labute approximate surface area is 155 Å². The van der Waals surface area contributed by atoms with Crippen molar-refractivity contribution in [1.29, 1.82) is 0 Å². The van der Waals surface area contributed by atoms with E-state index in [0.29, 0.717) is 17.1 Å². The smallest absolute Gasteiger partial charge is 0.346 e. The van der Waals surface area contributed by atoms with Gasteiger partial charge < -0.3 is 19.3 Å². The van der Waals surface area contributed by atoms with Crippen LogP contribution in [-0.4, -0.2) is 34.1 Å². The lowest BCUT2D eigenvalue weighted by molar-refractivity contribution is -0.147. The molecule has 0 aliphatic heterocycles. The van der Waals surface area contributed by atoms with Crippen LogP contribution in [0, 0.1) is 6.92 Å². The molecule has 2 rings (SSSR count). The zero-order valence-corrected chi connectivity index (χ0v) is 15.7. The zero-order chi connectivity index (χ0) is 18.7. The third kappa shape index (κ3) is 4.18. The summed E-state index contributed by atoms with van der Waals surface area (Å²) in [4.78, 5) is 11.5. The fraction of sp³-hybridized carbons (Fsp3) is 0.375. The van der Waals surface area contributed by atoms with E-state index in [2.05, 4.69) is 9.84 Å². The molecule has 1 aromatic heterocycles. The molecule has 25 heavy (non-hydrogen) atoms. The summed E-state index contributed by atoms with van der Waals surface area (Å²) in [6.07, 6.45) is -0.858. The van der Waals surface area contributed by atoms with E-state index in [1.165, 1.54) is 30.8 Å². The fourth-order valence-corrected chi connectivity index (χ4v) is 2.64. The second-order valence-electron chi connectivity index (χ2n) is 5.25. The number of halogens is 2. The second kappa shape index (κ2) is 7.95. The number of rotatable bonds is 6.